The Bertz CT molecular complexity index is 841. The third-order valence-corrected chi connectivity index (χ3v) is 4.51. The average molecular weight is 439 g/mol. The molecule has 0 atom stereocenters. The summed E-state index contributed by atoms with van der Waals surface area (Å²) in [5.41, 5.74) is 1.08. The number of alkyl halides is 3. The van der Waals surface area contributed by atoms with Crippen LogP contribution in [-0.4, -0.2) is 68.0 Å². The van der Waals surface area contributed by atoms with Crippen LogP contribution in [0.15, 0.2) is 42.6 Å². The summed E-state index contributed by atoms with van der Waals surface area (Å²) in [5, 5.41) is 2.75. The zero-order valence-corrected chi connectivity index (χ0v) is 16.9. The van der Waals surface area contributed by atoms with Crippen molar-refractivity contribution in [1.29, 1.82) is 0 Å². The van der Waals surface area contributed by atoms with Gasteiger partial charge in [-0.3, -0.25) is 9.69 Å². The summed E-state index contributed by atoms with van der Waals surface area (Å²) >= 11 is 0. The van der Waals surface area contributed by atoms with E-state index in [1.165, 1.54) is 18.3 Å². The molecule has 0 unspecified atom stereocenters. The fourth-order valence-electron chi connectivity index (χ4n) is 2.90. The first-order chi connectivity index (χ1) is 14.9. The van der Waals surface area contributed by atoms with Gasteiger partial charge in [0.05, 0.1) is 18.8 Å². The number of nitrogens with one attached hydrogen (secondary N) is 1. The van der Waals surface area contributed by atoms with Crippen molar-refractivity contribution in [1.82, 2.24) is 15.2 Å². The molecule has 168 valence electrons. The standard InChI is InChI=1S/C21H24F3N3O4/c22-21(23,24)15-31-19-5-4-17(14-25-19)20(28)26-13-16-2-1-3-18(12-16)30-11-8-27-6-9-29-10-7-27/h1-5,12,14H,6-11,13,15H2,(H,26,28). The summed E-state index contributed by atoms with van der Waals surface area (Å²) in [5.74, 6) is 0.122. The van der Waals surface area contributed by atoms with Crippen molar-refractivity contribution in [3.63, 3.8) is 0 Å². The predicted molar refractivity (Wildman–Crippen MR) is 106 cm³/mol. The van der Waals surface area contributed by atoms with E-state index in [0.717, 1.165) is 38.4 Å². The Hall–Kier alpha value is -2.85. The molecule has 0 spiro atoms. The van der Waals surface area contributed by atoms with Gasteiger partial charge in [-0.25, -0.2) is 4.98 Å². The summed E-state index contributed by atoms with van der Waals surface area (Å²) < 4.78 is 52.1. The van der Waals surface area contributed by atoms with Gasteiger partial charge < -0.3 is 19.5 Å². The Morgan fingerprint density at radius 1 is 1.16 bits per heavy atom. The van der Waals surface area contributed by atoms with E-state index in [4.69, 9.17) is 9.47 Å². The molecule has 1 aliphatic heterocycles. The largest absolute Gasteiger partial charge is 0.492 e. The molecule has 0 radical (unpaired) electrons. The number of rotatable bonds is 9. The summed E-state index contributed by atoms with van der Waals surface area (Å²) in [6.07, 6.45) is -3.27. The highest BCUT2D eigenvalue weighted by molar-refractivity contribution is 5.93. The van der Waals surface area contributed by atoms with Crippen molar-refractivity contribution < 1.29 is 32.2 Å². The third kappa shape index (κ3) is 8.06. The van der Waals surface area contributed by atoms with Gasteiger partial charge in [0.2, 0.25) is 5.88 Å². The molecule has 10 heteroatoms. The van der Waals surface area contributed by atoms with Gasteiger partial charge in [-0.15, -0.1) is 0 Å². The van der Waals surface area contributed by atoms with Gasteiger partial charge in [-0.2, -0.15) is 13.2 Å². The molecule has 31 heavy (non-hydrogen) atoms. The lowest BCUT2D eigenvalue weighted by molar-refractivity contribution is -0.154. The number of morpholine rings is 1. The molecule has 1 aliphatic rings. The predicted octanol–water partition coefficient (Wildman–Crippen LogP) is 2.66. The molecular weight excluding hydrogens is 415 g/mol. The van der Waals surface area contributed by atoms with E-state index in [9.17, 15) is 18.0 Å². The van der Waals surface area contributed by atoms with Crippen LogP contribution in [0.2, 0.25) is 0 Å². The maximum atomic E-state index is 12.3. The summed E-state index contributed by atoms with van der Waals surface area (Å²) in [7, 11) is 0. The number of benzene rings is 1. The zero-order chi connectivity index (χ0) is 22.1. The number of carbonyl (C=O) groups excluding carboxylic acids is 1. The number of hydrogen-bond acceptors (Lipinski definition) is 6. The van der Waals surface area contributed by atoms with Gasteiger partial charge in [0, 0.05) is 38.4 Å². The van der Waals surface area contributed by atoms with Crippen molar-refractivity contribution in [2.45, 2.75) is 12.7 Å². The lowest BCUT2D eigenvalue weighted by Crippen LogP contribution is -2.38. The topological polar surface area (TPSA) is 72.9 Å². The second kappa shape index (κ2) is 11.0. The van der Waals surface area contributed by atoms with Crippen LogP contribution in [0, 0.1) is 0 Å². The van der Waals surface area contributed by atoms with Gasteiger partial charge in [-0.05, 0) is 23.8 Å². The lowest BCUT2D eigenvalue weighted by atomic mass is 10.2. The molecule has 2 aromatic rings. The van der Waals surface area contributed by atoms with Crippen LogP contribution in [0.1, 0.15) is 15.9 Å². The highest BCUT2D eigenvalue weighted by Gasteiger charge is 2.28. The molecule has 1 saturated heterocycles. The maximum absolute atomic E-state index is 12.3. The van der Waals surface area contributed by atoms with Crippen molar-refractivity contribution >= 4 is 5.91 Å². The Balaban J connectivity index is 1.43. The van der Waals surface area contributed by atoms with Crippen LogP contribution < -0.4 is 14.8 Å². The van der Waals surface area contributed by atoms with Crippen LogP contribution in [0.3, 0.4) is 0 Å². The van der Waals surface area contributed by atoms with Crippen LogP contribution in [0.25, 0.3) is 0 Å². The zero-order valence-electron chi connectivity index (χ0n) is 16.9. The number of aromatic nitrogens is 1. The molecule has 0 bridgehead atoms. The smallest absolute Gasteiger partial charge is 0.422 e. The SMILES string of the molecule is O=C(NCc1cccc(OCCN2CCOCC2)c1)c1ccc(OCC(F)(F)F)nc1. The molecule has 1 amide bonds. The molecule has 0 aliphatic carbocycles. The average Bonchev–Trinajstić information content (AvgIpc) is 2.77. The summed E-state index contributed by atoms with van der Waals surface area (Å²) in [6.45, 7) is 3.51. The summed E-state index contributed by atoms with van der Waals surface area (Å²) in [4.78, 5) is 18.3. The van der Waals surface area contributed by atoms with E-state index in [2.05, 4.69) is 19.9 Å². The van der Waals surface area contributed by atoms with E-state index in [0.29, 0.717) is 12.4 Å². The molecule has 2 heterocycles. The van der Waals surface area contributed by atoms with Gasteiger partial charge in [0.1, 0.15) is 12.4 Å². The highest BCUT2D eigenvalue weighted by Crippen LogP contribution is 2.17. The van der Waals surface area contributed by atoms with Crippen molar-refractivity contribution in [3.05, 3.63) is 53.7 Å². The molecule has 1 aromatic heterocycles. The molecule has 7 nitrogen and oxygen atoms in total. The number of hydrogen-bond donors (Lipinski definition) is 1. The fourth-order valence-corrected chi connectivity index (χ4v) is 2.90. The highest BCUT2D eigenvalue weighted by atomic mass is 19.4. The van der Waals surface area contributed by atoms with Gasteiger partial charge in [0.15, 0.2) is 6.61 Å². The second-order valence-corrected chi connectivity index (χ2v) is 6.92. The number of nitrogens with zero attached hydrogens (tertiary/aromatic N) is 2. The minimum Gasteiger partial charge on any atom is -0.492 e. The Labute approximate surface area is 178 Å². The van der Waals surface area contributed by atoms with E-state index in [-0.39, 0.29) is 18.0 Å². The van der Waals surface area contributed by atoms with Gasteiger partial charge in [-0.1, -0.05) is 12.1 Å². The quantitative estimate of drug-likeness (QED) is 0.648. The number of amides is 1. The van der Waals surface area contributed by atoms with Crippen molar-refractivity contribution in [2.24, 2.45) is 0 Å². The number of pyridine rings is 1. The van der Waals surface area contributed by atoms with Gasteiger partial charge >= 0.3 is 6.18 Å². The normalized spacial score (nSPS) is 14.8. The van der Waals surface area contributed by atoms with Crippen LogP contribution in [0.4, 0.5) is 13.2 Å². The molecule has 3 rings (SSSR count). The Morgan fingerprint density at radius 2 is 1.97 bits per heavy atom. The first-order valence-corrected chi connectivity index (χ1v) is 9.85. The van der Waals surface area contributed by atoms with Crippen LogP contribution in [-0.2, 0) is 11.3 Å². The van der Waals surface area contributed by atoms with Crippen LogP contribution >= 0.6 is 0 Å². The maximum Gasteiger partial charge on any atom is 0.422 e. The molecule has 1 N–H and O–H groups in total. The van der Waals surface area contributed by atoms with Gasteiger partial charge in [0.25, 0.3) is 5.91 Å². The third-order valence-electron chi connectivity index (χ3n) is 4.51. The monoisotopic (exact) mass is 439 g/mol. The van der Waals surface area contributed by atoms with Crippen molar-refractivity contribution in [3.8, 4) is 11.6 Å². The Kier molecular flexibility index (Phi) is 8.07. The summed E-state index contributed by atoms with van der Waals surface area (Å²) in [6, 6.07) is 10.0. The minimum absolute atomic E-state index is 0.198. The van der Waals surface area contributed by atoms with E-state index < -0.39 is 18.7 Å². The van der Waals surface area contributed by atoms with Crippen molar-refractivity contribution in [2.75, 3.05) is 46.1 Å². The molecular formula is C21H24F3N3O4. The first-order valence-electron chi connectivity index (χ1n) is 9.85. The minimum atomic E-state index is -4.45. The second-order valence-electron chi connectivity index (χ2n) is 6.92. The lowest BCUT2D eigenvalue weighted by Gasteiger charge is -2.26. The van der Waals surface area contributed by atoms with Crippen LogP contribution in [0.5, 0.6) is 11.6 Å². The van der Waals surface area contributed by atoms with E-state index in [1.54, 1.807) is 0 Å². The fraction of sp³-hybridized carbons (Fsp3) is 0.429. The molecule has 0 saturated carbocycles. The number of ether oxygens (including phenoxy) is 3. The first kappa shape index (κ1) is 22.8. The van der Waals surface area contributed by atoms with E-state index in [1.807, 2.05) is 24.3 Å². The number of halogens is 3. The molecule has 1 fully saturated rings. The Morgan fingerprint density at radius 3 is 2.68 bits per heavy atom. The van der Waals surface area contributed by atoms with E-state index >= 15 is 0 Å². The number of carbonyl (C=O) groups is 1. The molecule has 1 aromatic carbocycles.